The maximum absolute atomic E-state index is 12.5. The predicted molar refractivity (Wildman–Crippen MR) is 87.7 cm³/mol. The Kier molecular flexibility index (Phi) is 3.27. The Balaban J connectivity index is 1.59. The molecule has 0 N–H and O–H groups in total. The normalized spacial score (nSPS) is 22.2. The number of fused-ring (bicyclic) bond motifs is 2. The first-order valence-electron chi connectivity index (χ1n) is 7.96. The highest BCUT2D eigenvalue weighted by Gasteiger charge is 2.44. The molecule has 1 saturated heterocycles. The Hall–Kier alpha value is -2.80. The van der Waals surface area contributed by atoms with Crippen molar-refractivity contribution in [1.82, 2.24) is 5.01 Å². The van der Waals surface area contributed by atoms with Gasteiger partial charge in [-0.25, -0.2) is 5.01 Å². The third kappa shape index (κ3) is 2.25. The van der Waals surface area contributed by atoms with E-state index in [-0.39, 0.29) is 5.78 Å². The van der Waals surface area contributed by atoms with E-state index in [0.29, 0.717) is 23.2 Å². The first-order chi connectivity index (χ1) is 11.3. The highest BCUT2D eigenvalue weighted by Crippen LogP contribution is 2.40. The first-order valence-corrected chi connectivity index (χ1v) is 7.96. The Morgan fingerprint density at radius 2 is 1.61 bits per heavy atom. The summed E-state index contributed by atoms with van der Waals surface area (Å²) in [7, 11) is 0. The topological polar surface area (TPSA) is 47.3 Å². The molecule has 1 saturated carbocycles. The van der Waals surface area contributed by atoms with Crippen LogP contribution in [-0.4, -0.2) is 22.9 Å². The number of hydrogen-bond acceptors (Lipinski definition) is 4. The third-order valence-corrected chi connectivity index (χ3v) is 4.83. The van der Waals surface area contributed by atoms with E-state index in [9.17, 15) is 10.1 Å². The van der Waals surface area contributed by atoms with Gasteiger partial charge in [-0.2, -0.15) is 5.26 Å². The van der Waals surface area contributed by atoms with Crippen molar-refractivity contribution in [2.45, 2.75) is 31.3 Å². The highest BCUT2D eigenvalue weighted by atomic mass is 16.1. The maximum atomic E-state index is 12.5. The van der Waals surface area contributed by atoms with Crippen molar-refractivity contribution in [3.05, 3.63) is 65.7 Å². The van der Waals surface area contributed by atoms with Crippen molar-refractivity contribution in [2.24, 2.45) is 0 Å². The fourth-order valence-electron chi connectivity index (χ4n) is 3.72. The summed E-state index contributed by atoms with van der Waals surface area (Å²) in [6, 6.07) is 17.6. The molecule has 1 aliphatic heterocycles. The summed E-state index contributed by atoms with van der Waals surface area (Å²) < 4.78 is 0. The summed E-state index contributed by atoms with van der Waals surface area (Å²) >= 11 is 0. The van der Waals surface area contributed by atoms with Gasteiger partial charge in [0.15, 0.2) is 12.0 Å². The summed E-state index contributed by atoms with van der Waals surface area (Å²) in [5.41, 5.74) is 2.36. The molecule has 23 heavy (non-hydrogen) atoms. The minimum absolute atomic E-state index is 0.0252. The molecule has 0 amide bonds. The molecular formula is C19H17N3O. The van der Waals surface area contributed by atoms with Crippen LogP contribution in [0, 0.1) is 11.5 Å². The molecular weight excluding hydrogens is 286 g/mol. The minimum atomic E-state index is 0.0252. The van der Waals surface area contributed by atoms with E-state index in [1.54, 1.807) is 5.01 Å². The number of nitriles is 1. The van der Waals surface area contributed by atoms with Gasteiger partial charge < -0.3 is 0 Å². The molecule has 4 nitrogen and oxygen atoms in total. The van der Waals surface area contributed by atoms with Gasteiger partial charge in [-0.15, -0.1) is 0 Å². The van der Waals surface area contributed by atoms with E-state index in [1.807, 2.05) is 54.6 Å². The fourth-order valence-corrected chi connectivity index (χ4v) is 3.72. The summed E-state index contributed by atoms with van der Waals surface area (Å²) in [6.45, 7) is 0. The van der Waals surface area contributed by atoms with Crippen molar-refractivity contribution in [3.8, 4) is 6.19 Å². The summed E-state index contributed by atoms with van der Waals surface area (Å²) in [6.07, 6.45) is 5.58. The molecule has 0 aromatic heterocycles. The lowest BCUT2D eigenvalue weighted by Gasteiger charge is -2.35. The van der Waals surface area contributed by atoms with Gasteiger partial charge in [0.1, 0.15) is 0 Å². The molecule has 2 bridgehead atoms. The SMILES string of the molecule is N#CN1C2CCC(C2)N1c1ccc(C(=O)c2ccccc2)cc1. The number of carbonyl (C=O) groups is 1. The number of anilines is 1. The average molecular weight is 303 g/mol. The number of carbonyl (C=O) groups excluding carboxylic acids is 1. The van der Waals surface area contributed by atoms with E-state index in [2.05, 4.69) is 11.2 Å². The van der Waals surface area contributed by atoms with Crippen molar-refractivity contribution in [1.29, 1.82) is 5.26 Å². The Morgan fingerprint density at radius 3 is 2.30 bits per heavy atom. The molecule has 4 heteroatoms. The molecule has 1 aliphatic carbocycles. The van der Waals surface area contributed by atoms with Crippen molar-refractivity contribution < 1.29 is 4.79 Å². The molecule has 2 aromatic carbocycles. The third-order valence-electron chi connectivity index (χ3n) is 4.83. The van der Waals surface area contributed by atoms with Crippen LogP contribution in [0.5, 0.6) is 0 Å². The number of nitrogens with zero attached hydrogens (tertiary/aromatic N) is 3. The van der Waals surface area contributed by atoms with Crippen LogP contribution < -0.4 is 5.01 Å². The standard InChI is InChI=1S/C19H17N3O/c20-13-21-17-10-11-18(12-17)22(21)16-8-6-15(7-9-16)19(23)14-4-2-1-3-5-14/h1-9,17-18H,10-12H2. The largest absolute Gasteiger partial charge is 0.289 e. The van der Waals surface area contributed by atoms with Crippen molar-refractivity contribution in [2.75, 3.05) is 5.01 Å². The number of rotatable bonds is 3. The molecule has 2 unspecified atom stereocenters. The van der Waals surface area contributed by atoms with Crippen LogP contribution in [0.3, 0.4) is 0 Å². The second kappa shape index (κ2) is 5.44. The van der Waals surface area contributed by atoms with Gasteiger partial charge in [0.25, 0.3) is 0 Å². The van der Waals surface area contributed by atoms with Gasteiger partial charge in [-0.1, -0.05) is 30.3 Å². The van der Waals surface area contributed by atoms with E-state index >= 15 is 0 Å². The predicted octanol–water partition coefficient (Wildman–Crippen LogP) is 3.36. The molecule has 0 radical (unpaired) electrons. The van der Waals surface area contributed by atoms with Crippen LogP contribution in [0.1, 0.15) is 35.2 Å². The van der Waals surface area contributed by atoms with Gasteiger partial charge in [-0.3, -0.25) is 9.80 Å². The van der Waals surface area contributed by atoms with E-state index < -0.39 is 0 Å². The zero-order chi connectivity index (χ0) is 15.8. The lowest BCUT2D eigenvalue weighted by molar-refractivity contribution is 0.103. The van der Waals surface area contributed by atoms with Crippen LogP contribution in [0.2, 0.25) is 0 Å². The number of hydrazine groups is 1. The Bertz CT molecular complexity index is 763. The zero-order valence-corrected chi connectivity index (χ0v) is 12.7. The lowest BCUT2D eigenvalue weighted by atomic mass is 10.0. The number of ketones is 1. The Morgan fingerprint density at radius 1 is 0.957 bits per heavy atom. The van der Waals surface area contributed by atoms with Gasteiger partial charge in [0.05, 0.1) is 17.8 Å². The molecule has 4 rings (SSSR count). The van der Waals surface area contributed by atoms with Gasteiger partial charge in [0.2, 0.25) is 0 Å². The number of hydrogen-bond donors (Lipinski definition) is 0. The van der Waals surface area contributed by atoms with Gasteiger partial charge in [0, 0.05) is 11.1 Å². The van der Waals surface area contributed by atoms with Gasteiger partial charge >= 0.3 is 0 Å². The van der Waals surface area contributed by atoms with E-state index in [4.69, 9.17) is 0 Å². The van der Waals surface area contributed by atoms with Crippen LogP contribution in [-0.2, 0) is 0 Å². The molecule has 2 aliphatic rings. The van der Waals surface area contributed by atoms with E-state index in [1.165, 1.54) is 0 Å². The first kappa shape index (κ1) is 13.8. The highest BCUT2D eigenvalue weighted by molar-refractivity contribution is 6.09. The smallest absolute Gasteiger partial charge is 0.200 e. The molecule has 0 spiro atoms. The van der Waals surface area contributed by atoms with Crippen molar-refractivity contribution in [3.63, 3.8) is 0 Å². The average Bonchev–Trinajstić information content (AvgIpc) is 3.23. The van der Waals surface area contributed by atoms with Gasteiger partial charge in [-0.05, 0) is 43.5 Å². The Labute approximate surface area is 135 Å². The minimum Gasteiger partial charge on any atom is -0.289 e. The molecule has 1 heterocycles. The second-order valence-corrected chi connectivity index (χ2v) is 6.15. The van der Waals surface area contributed by atoms with Crippen LogP contribution in [0.4, 0.5) is 5.69 Å². The van der Waals surface area contributed by atoms with Crippen LogP contribution in [0.15, 0.2) is 54.6 Å². The summed E-state index contributed by atoms with van der Waals surface area (Å²) in [5.74, 6) is 0.0252. The molecule has 2 fully saturated rings. The monoisotopic (exact) mass is 303 g/mol. The molecule has 2 atom stereocenters. The quantitative estimate of drug-likeness (QED) is 0.644. The van der Waals surface area contributed by atoms with Crippen LogP contribution >= 0.6 is 0 Å². The lowest BCUT2D eigenvalue weighted by Crippen LogP contribution is -2.44. The van der Waals surface area contributed by atoms with Crippen LogP contribution in [0.25, 0.3) is 0 Å². The maximum Gasteiger partial charge on any atom is 0.200 e. The second-order valence-electron chi connectivity index (χ2n) is 6.15. The fraction of sp³-hybridized carbons (Fsp3) is 0.263. The molecule has 114 valence electrons. The van der Waals surface area contributed by atoms with Crippen molar-refractivity contribution >= 4 is 11.5 Å². The number of benzene rings is 2. The zero-order valence-electron chi connectivity index (χ0n) is 12.7. The summed E-state index contributed by atoms with van der Waals surface area (Å²) in [5, 5.41) is 13.3. The molecule has 2 aromatic rings. The van der Waals surface area contributed by atoms with E-state index in [0.717, 1.165) is 24.9 Å². The summed E-state index contributed by atoms with van der Waals surface area (Å²) in [4.78, 5) is 12.5.